The van der Waals surface area contributed by atoms with Crippen molar-refractivity contribution in [2.24, 2.45) is 5.10 Å². The number of carbonyl (C=O) groups is 1. The molecule has 0 atom stereocenters. The van der Waals surface area contributed by atoms with Crippen LogP contribution in [0.2, 0.25) is 0 Å². The number of nitrogens with one attached hydrogen (secondary N) is 1. The molecule has 0 spiro atoms. The van der Waals surface area contributed by atoms with Crippen LogP contribution < -0.4 is 14.9 Å². The highest BCUT2D eigenvalue weighted by Gasteiger charge is 2.12. The summed E-state index contributed by atoms with van der Waals surface area (Å²) < 4.78 is 10.4. The molecule has 3 rings (SSSR count). The predicted octanol–water partition coefficient (Wildman–Crippen LogP) is 3.62. The molecule has 0 saturated carbocycles. The van der Waals surface area contributed by atoms with Crippen molar-refractivity contribution >= 4 is 22.9 Å². The van der Waals surface area contributed by atoms with Gasteiger partial charge in [0.2, 0.25) is 0 Å². The quantitative estimate of drug-likeness (QED) is 0.573. The van der Waals surface area contributed by atoms with E-state index in [1.807, 2.05) is 42.5 Å². The van der Waals surface area contributed by atoms with Gasteiger partial charge in [0.1, 0.15) is 11.5 Å². The molecule has 0 radical (unpaired) electrons. The SMILES string of the molecule is COc1ccc(C(=O)N/N=C\c2cccc3ccccc23)c(OC)c1. The van der Waals surface area contributed by atoms with Gasteiger partial charge in [-0.3, -0.25) is 4.79 Å². The van der Waals surface area contributed by atoms with Gasteiger partial charge in [-0.1, -0.05) is 42.5 Å². The van der Waals surface area contributed by atoms with Gasteiger partial charge in [0.05, 0.1) is 26.0 Å². The van der Waals surface area contributed by atoms with Gasteiger partial charge in [0.15, 0.2) is 0 Å². The van der Waals surface area contributed by atoms with E-state index < -0.39 is 0 Å². The molecular weight excluding hydrogens is 316 g/mol. The molecule has 0 aliphatic rings. The number of hydrogen-bond acceptors (Lipinski definition) is 4. The van der Waals surface area contributed by atoms with Crippen molar-refractivity contribution in [2.75, 3.05) is 14.2 Å². The summed E-state index contributed by atoms with van der Waals surface area (Å²) in [4.78, 5) is 12.3. The van der Waals surface area contributed by atoms with E-state index in [-0.39, 0.29) is 5.91 Å². The van der Waals surface area contributed by atoms with Crippen LogP contribution >= 0.6 is 0 Å². The first-order valence-corrected chi connectivity index (χ1v) is 7.76. The molecule has 3 aromatic rings. The Hall–Kier alpha value is -3.34. The van der Waals surface area contributed by atoms with E-state index in [9.17, 15) is 4.79 Å². The summed E-state index contributed by atoms with van der Waals surface area (Å²) in [7, 11) is 3.06. The highest BCUT2D eigenvalue weighted by Crippen LogP contribution is 2.24. The van der Waals surface area contributed by atoms with Crippen LogP contribution in [0.3, 0.4) is 0 Å². The van der Waals surface area contributed by atoms with Crippen LogP contribution in [0.4, 0.5) is 0 Å². The summed E-state index contributed by atoms with van der Waals surface area (Å²) >= 11 is 0. The molecule has 1 amide bonds. The van der Waals surface area contributed by atoms with Crippen molar-refractivity contribution in [2.45, 2.75) is 0 Å². The molecule has 5 heteroatoms. The van der Waals surface area contributed by atoms with Gasteiger partial charge in [0, 0.05) is 11.6 Å². The third kappa shape index (κ3) is 3.61. The number of fused-ring (bicyclic) bond motifs is 1. The Morgan fingerprint density at radius 3 is 2.60 bits per heavy atom. The topological polar surface area (TPSA) is 59.9 Å². The number of methoxy groups -OCH3 is 2. The molecule has 25 heavy (non-hydrogen) atoms. The van der Waals surface area contributed by atoms with Crippen LogP contribution in [-0.2, 0) is 0 Å². The fourth-order valence-electron chi connectivity index (χ4n) is 2.57. The van der Waals surface area contributed by atoms with E-state index in [4.69, 9.17) is 9.47 Å². The molecule has 0 fully saturated rings. The first kappa shape index (κ1) is 16.5. The van der Waals surface area contributed by atoms with Crippen LogP contribution in [0, 0.1) is 0 Å². The molecule has 0 heterocycles. The van der Waals surface area contributed by atoms with Crippen LogP contribution in [0.15, 0.2) is 65.8 Å². The largest absolute Gasteiger partial charge is 0.497 e. The lowest BCUT2D eigenvalue weighted by atomic mass is 10.1. The Labute approximate surface area is 145 Å². The van der Waals surface area contributed by atoms with E-state index in [1.165, 1.54) is 7.11 Å². The second-order valence-corrected chi connectivity index (χ2v) is 5.33. The number of ether oxygens (including phenoxy) is 2. The molecular formula is C20H18N2O3. The van der Waals surface area contributed by atoms with Gasteiger partial charge in [-0.25, -0.2) is 5.43 Å². The van der Waals surface area contributed by atoms with E-state index in [0.717, 1.165) is 16.3 Å². The lowest BCUT2D eigenvalue weighted by Crippen LogP contribution is -2.18. The maximum atomic E-state index is 12.3. The Bertz CT molecular complexity index is 930. The smallest absolute Gasteiger partial charge is 0.275 e. The van der Waals surface area contributed by atoms with E-state index in [0.29, 0.717) is 17.1 Å². The lowest BCUT2D eigenvalue weighted by Gasteiger charge is -2.09. The first-order valence-electron chi connectivity index (χ1n) is 7.76. The highest BCUT2D eigenvalue weighted by atomic mass is 16.5. The van der Waals surface area contributed by atoms with Crippen LogP contribution in [0.5, 0.6) is 11.5 Å². The molecule has 0 bridgehead atoms. The minimum absolute atomic E-state index is 0.351. The van der Waals surface area contributed by atoms with Gasteiger partial charge >= 0.3 is 0 Å². The second kappa shape index (κ2) is 7.49. The summed E-state index contributed by atoms with van der Waals surface area (Å²) in [6.45, 7) is 0. The Kier molecular flexibility index (Phi) is 4.95. The van der Waals surface area contributed by atoms with E-state index >= 15 is 0 Å². The minimum Gasteiger partial charge on any atom is -0.497 e. The standard InChI is InChI=1S/C20H18N2O3/c1-24-16-10-11-18(19(12-16)25-2)20(23)22-21-13-15-8-5-7-14-6-3-4-9-17(14)15/h3-13H,1-2H3,(H,22,23)/b21-13-. The maximum Gasteiger partial charge on any atom is 0.275 e. The number of benzene rings is 3. The number of hydrazone groups is 1. The molecule has 5 nitrogen and oxygen atoms in total. The Morgan fingerprint density at radius 2 is 1.80 bits per heavy atom. The molecule has 3 aromatic carbocycles. The average Bonchev–Trinajstić information content (AvgIpc) is 2.67. The molecule has 0 aromatic heterocycles. The zero-order valence-electron chi connectivity index (χ0n) is 14.0. The summed E-state index contributed by atoms with van der Waals surface area (Å²) in [5, 5.41) is 6.27. The van der Waals surface area contributed by atoms with Crippen molar-refractivity contribution in [3.8, 4) is 11.5 Å². The number of carbonyl (C=O) groups excluding carboxylic acids is 1. The van der Waals surface area contributed by atoms with Crippen LogP contribution in [0.1, 0.15) is 15.9 Å². The van der Waals surface area contributed by atoms with Crippen molar-refractivity contribution < 1.29 is 14.3 Å². The lowest BCUT2D eigenvalue weighted by molar-refractivity contribution is 0.0952. The van der Waals surface area contributed by atoms with Crippen LogP contribution in [0.25, 0.3) is 10.8 Å². The number of nitrogens with zero attached hydrogens (tertiary/aromatic N) is 1. The third-order valence-corrected chi connectivity index (χ3v) is 3.85. The Balaban J connectivity index is 1.79. The minimum atomic E-state index is -0.351. The normalized spacial score (nSPS) is 10.8. The maximum absolute atomic E-state index is 12.3. The van der Waals surface area contributed by atoms with Crippen molar-refractivity contribution in [1.82, 2.24) is 5.43 Å². The summed E-state index contributed by atoms with van der Waals surface area (Å²) in [6, 6.07) is 19.0. The molecule has 0 aliphatic heterocycles. The monoisotopic (exact) mass is 334 g/mol. The molecule has 0 saturated heterocycles. The molecule has 0 aliphatic carbocycles. The van der Waals surface area contributed by atoms with Gasteiger partial charge in [-0.15, -0.1) is 0 Å². The van der Waals surface area contributed by atoms with Crippen molar-refractivity contribution in [1.29, 1.82) is 0 Å². The van der Waals surface area contributed by atoms with Crippen molar-refractivity contribution in [3.05, 3.63) is 71.8 Å². The van der Waals surface area contributed by atoms with Gasteiger partial charge in [0.25, 0.3) is 5.91 Å². The fourth-order valence-corrected chi connectivity index (χ4v) is 2.57. The molecule has 1 N–H and O–H groups in total. The predicted molar refractivity (Wildman–Crippen MR) is 98.6 cm³/mol. The van der Waals surface area contributed by atoms with Gasteiger partial charge in [-0.05, 0) is 22.9 Å². The third-order valence-electron chi connectivity index (χ3n) is 3.85. The van der Waals surface area contributed by atoms with Crippen LogP contribution in [-0.4, -0.2) is 26.3 Å². The molecule has 0 unspecified atom stereocenters. The average molecular weight is 334 g/mol. The summed E-state index contributed by atoms with van der Waals surface area (Å²) in [5.41, 5.74) is 3.85. The second-order valence-electron chi connectivity index (χ2n) is 5.33. The number of rotatable bonds is 5. The van der Waals surface area contributed by atoms with Gasteiger partial charge in [-0.2, -0.15) is 5.10 Å². The number of amides is 1. The van der Waals surface area contributed by atoms with E-state index in [1.54, 1.807) is 31.5 Å². The highest BCUT2D eigenvalue weighted by molar-refractivity contribution is 6.01. The van der Waals surface area contributed by atoms with E-state index in [2.05, 4.69) is 10.5 Å². The molecule has 126 valence electrons. The number of hydrogen-bond donors (Lipinski definition) is 1. The van der Waals surface area contributed by atoms with Gasteiger partial charge < -0.3 is 9.47 Å². The first-order chi connectivity index (χ1) is 12.2. The zero-order chi connectivity index (χ0) is 17.6. The fraction of sp³-hybridized carbons (Fsp3) is 0.100. The zero-order valence-corrected chi connectivity index (χ0v) is 14.0. The Morgan fingerprint density at radius 1 is 1.00 bits per heavy atom. The summed E-state index contributed by atoms with van der Waals surface area (Å²) in [6.07, 6.45) is 1.64. The van der Waals surface area contributed by atoms with Crippen molar-refractivity contribution in [3.63, 3.8) is 0 Å². The summed E-state index contributed by atoms with van der Waals surface area (Å²) in [5.74, 6) is 0.695.